The maximum Gasteiger partial charge on any atom is 0.158 e. The Labute approximate surface area is 88.8 Å². The number of hydrogen-bond donors (Lipinski definition) is 1. The van der Waals surface area contributed by atoms with Gasteiger partial charge in [-0.3, -0.25) is 0 Å². The molecule has 0 saturated carbocycles. The molecule has 4 nitrogen and oxygen atoms in total. The highest BCUT2D eigenvalue weighted by atomic mass is 15.3. The first-order valence-electron chi connectivity index (χ1n) is 4.98. The maximum atomic E-state index is 5.88. The number of aromatic nitrogens is 3. The lowest BCUT2D eigenvalue weighted by Crippen LogP contribution is -2.05. The summed E-state index contributed by atoms with van der Waals surface area (Å²) in [4.78, 5) is 4.28. The molecule has 2 rings (SSSR count). The fourth-order valence-electron chi connectivity index (χ4n) is 1.49. The van der Waals surface area contributed by atoms with Crippen LogP contribution in [-0.2, 0) is 6.42 Å². The Kier molecular flexibility index (Phi) is 2.41. The molecule has 0 fully saturated rings. The molecule has 2 heterocycles. The molecule has 0 spiro atoms. The lowest BCUT2D eigenvalue weighted by molar-refractivity contribution is 0.817. The Bertz CT molecular complexity index is 473. The summed E-state index contributed by atoms with van der Waals surface area (Å²) in [6.07, 6.45) is 2.62. The van der Waals surface area contributed by atoms with Crippen LogP contribution in [0.1, 0.15) is 18.2 Å². The largest absolute Gasteiger partial charge is 0.384 e. The number of nitrogens with zero attached hydrogens (tertiary/aromatic N) is 3. The molecule has 4 heteroatoms. The lowest BCUT2D eigenvalue weighted by atomic mass is 10.3. The molecule has 2 aromatic rings. The van der Waals surface area contributed by atoms with E-state index < -0.39 is 0 Å². The third-order valence-electron chi connectivity index (χ3n) is 2.33. The Morgan fingerprint density at radius 1 is 1.47 bits per heavy atom. The Balaban J connectivity index is 2.54. The van der Waals surface area contributed by atoms with Crippen molar-refractivity contribution in [3.63, 3.8) is 0 Å². The van der Waals surface area contributed by atoms with Crippen molar-refractivity contribution in [1.82, 2.24) is 14.8 Å². The Morgan fingerprint density at radius 2 is 2.27 bits per heavy atom. The van der Waals surface area contributed by atoms with Crippen molar-refractivity contribution in [3.05, 3.63) is 35.7 Å². The Morgan fingerprint density at radius 3 is 2.87 bits per heavy atom. The third kappa shape index (κ3) is 1.70. The monoisotopic (exact) mass is 202 g/mol. The summed E-state index contributed by atoms with van der Waals surface area (Å²) in [6.45, 7) is 4.05. The van der Waals surface area contributed by atoms with Crippen molar-refractivity contribution in [2.75, 3.05) is 5.73 Å². The normalized spacial score (nSPS) is 10.5. The van der Waals surface area contributed by atoms with Crippen LogP contribution >= 0.6 is 0 Å². The van der Waals surface area contributed by atoms with Gasteiger partial charge in [0, 0.05) is 12.3 Å². The van der Waals surface area contributed by atoms with Gasteiger partial charge < -0.3 is 5.73 Å². The number of nitrogens with two attached hydrogens (primary N) is 1. The van der Waals surface area contributed by atoms with E-state index in [2.05, 4.69) is 17.0 Å². The second-order valence-corrected chi connectivity index (χ2v) is 3.47. The van der Waals surface area contributed by atoms with Gasteiger partial charge in [-0.05, 0) is 25.0 Å². The number of rotatable bonds is 2. The van der Waals surface area contributed by atoms with Crippen LogP contribution in [-0.4, -0.2) is 14.8 Å². The van der Waals surface area contributed by atoms with E-state index in [4.69, 9.17) is 5.73 Å². The van der Waals surface area contributed by atoms with Gasteiger partial charge in [0.05, 0.1) is 5.69 Å². The third-order valence-corrected chi connectivity index (χ3v) is 2.33. The highest BCUT2D eigenvalue weighted by molar-refractivity contribution is 5.42. The molecule has 0 unspecified atom stereocenters. The summed E-state index contributed by atoms with van der Waals surface area (Å²) in [7, 11) is 0. The van der Waals surface area contributed by atoms with Crippen LogP contribution in [0.15, 0.2) is 24.4 Å². The molecule has 0 aliphatic rings. The van der Waals surface area contributed by atoms with Crippen molar-refractivity contribution in [1.29, 1.82) is 0 Å². The van der Waals surface area contributed by atoms with Gasteiger partial charge >= 0.3 is 0 Å². The summed E-state index contributed by atoms with van der Waals surface area (Å²) < 4.78 is 1.69. The van der Waals surface area contributed by atoms with Crippen LogP contribution in [0.5, 0.6) is 0 Å². The number of pyridine rings is 1. The molecule has 0 aliphatic heterocycles. The molecule has 0 aliphatic carbocycles. The minimum Gasteiger partial charge on any atom is -0.384 e. The quantitative estimate of drug-likeness (QED) is 0.806. The van der Waals surface area contributed by atoms with Crippen molar-refractivity contribution >= 4 is 5.82 Å². The van der Waals surface area contributed by atoms with Gasteiger partial charge in [-0.25, -0.2) is 4.98 Å². The van der Waals surface area contributed by atoms with Crippen molar-refractivity contribution in [2.45, 2.75) is 20.3 Å². The second kappa shape index (κ2) is 3.73. The molecule has 78 valence electrons. The summed E-state index contributed by atoms with van der Waals surface area (Å²) >= 11 is 0. The molecule has 0 radical (unpaired) electrons. The topological polar surface area (TPSA) is 56.7 Å². The first kappa shape index (κ1) is 9.71. The average Bonchev–Trinajstić information content (AvgIpc) is 2.60. The zero-order chi connectivity index (χ0) is 10.8. The highest BCUT2D eigenvalue weighted by Crippen LogP contribution is 2.15. The number of hydrogen-bond acceptors (Lipinski definition) is 3. The summed E-state index contributed by atoms with van der Waals surface area (Å²) in [5.74, 6) is 1.43. The van der Waals surface area contributed by atoms with E-state index in [9.17, 15) is 0 Å². The van der Waals surface area contributed by atoms with Gasteiger partial charge in [0.2, 0.25) is 0 Å². The summed E-state index contributed by atoms with van der Waals surface area (Å²) in [6, 6.07) is 5.78. The predicted molar refractivity (Wildman–Crippen MR) is 59.9 cm³/mol. The lowest BCUT2D eigenvalue weighted by Gasteiger charge is -2.05. The number of aryl methyl sites for hydroxylation is 2. The van der Waals surface area contributed by atoms with E-state index in [1.165, 1.54) is 0 Å². The van der Waals surface area contributed by atoms with E-state index in [0.717, 1.165) is 23.5 Å². The zero-order valence-electron chi connectivity index (χ0n) is 8.94. The van der Waals surface area contributed by atoms with Crippen molar-refractivity contribution in [3.8, 4) is 5.82 Å². The van der Waals surface area contributed by atoms with Crippen LogP contribution in [0.2, 0.25) is 0 Å². The molecule has 0 aromatic carbocycles. The van der Waals surface area contributed by atoms with E-state index in [0.29, 0.717) is 5.82 Å². The molecular weight excluding hydrogens is 188 g/mol. The first-order valence-corrected chi connectivity index (χ1v) is 4.98. The number of anilines is 1. The van der Waals surface area contributed by atoms with Gasteiger partial charge in [0.15, 0.2) is 5.82 Å². The van der Waals surface area contributed by atoms with E-state index in [-0.39, 0.29) is 0 Å². The fraction of sp³-hybridized carbons (Fsp3) is 0.273. The fourth-order valence-corrected chi connectivity index (χ4v) is 1.49. The van der Waals surface area contributed by atoms with Crippen LogP contribution in [0, 0.1) is 6.92 Å². The maximum absolute atomic E-state index is 5.88. The van der Waals surface area contributed by atoms with E-state index in [1.54, 1.807) is 10.9 Å². The highest BCUT2D eigenvalue weighted by Gasteiger charge is 2.08. The molecule has 2 aromatic heterocycles. The first-order chi connectivity index (χ1) is 7.22. The predicted octanol–water partition coefficient (Wildman–Crippen LogP) is 1.72. The summed E-state index contributed by atoms with van der Waals surface area (Å²) in [5, 5.41) is 4.39. The minimum absolute atomic E-state index is 0.633. The van der Waals surface area contributed by atoms with Gasteiger partial charge in [0.1, 0.15) is 5.82 Å². The number of nitrogen functional groups attached to an aromatic ring is 1. The van der Waals surface area contributed by atoms with Crippen LogP contribution < -0.4 is 5.73 Å². The molecule has 0 amide bonds. The summed E-state index contributed by atoms with van der Waals surface area (Å²) in [5.41, 5.74) is 7.93. The van der Waals surface area contributed by atoms with Crippen molar-refractivity contribution < 1.29 is 0 Å². The van der Waals surface area contributed by atoms with Gasteiger partial charge in [0.25, 0.3) is 0 Å². The molecule has 2 N–H and O–H groups in total. The zero-order valence-corrected chi connectivity index (χ0v) is 8.94. The van der Waals surface area contributed by atoms with Crippen LogP contribution in [0.25, 0.3) is 5.82 Å². The van der Waals surface area contributed by atoms with Crippen LogP contribution in [0.4, 0.5) is 5.82 Å². The molecular formula is C11H14N4. The van der Waals surface area contributed by atoms with Crippen molar-refractivity contribution in [2.24, 2.45) is 0 Å². The average molecular weight is 202 g/mol. The van der Waals surface area contributed by atoms with E-state index >= 15 is 0 Å². The molecule has 15 heavy (non-hydrogen) atoms. The second-order valence-electron chi connectivity index (χ2n) is 3.47. The molecule has 0 atom stereocenters. The van der Waals surface area contributed by atoms with Crippen LogP contribution in [0.3, 0.4) is 0 Å². The Hall–Kier alpha value is -1.84. The standard InChI is InChI=1S/C11H14N4/c1-3-9-7-10(12)15(14-9)11-8(2)5-4-6-13-11/h4-7H,3,12H2,1-2H3. The van der Waals surface area contributed by atoms with Gasteiger partial charge in [-0.15, -0.1) is 0 Å². The van der Waals surface area contributed by atoms with Gasteiger partial charge in [-0.2, -0.15) is 9.78 Å². The SMILES string of the molecule is CCc1cc(N)n(-c2ncccc2C)n1. The molecule has 0 saturated heterocycles. The van der Waals surface area contributed by atoms with Gasteiger partial charge in [-0.1, -0.05) is 13.0 Å². The minimum atomic E-state index is 0.633. The van der Waals surface area contributed by atoms with E-state index in [1.807, 2.05) is 25.1 Å². The molecule has 0 bridgehead atoms. The smallest absolute Gasteiger partial charge is 0.158 e.